The molecule has 0 atom stereocenters. The molecule has 0 N–H and O–H groups in total. The second-order valence-electron chi connectivity index (χ2n) is 2.73. The Kier molecular flexibility index (Phi) is 4.68. The second-order valence-corrected chi connectivity index (χ2v) is 3.83. The summed E-state index contributed by atoms with van der Waals surface area (Å²) in [4.78, 5) is 10.0. The molecular formula is C10H14O2S. The van der Waals surface area contributed by atoms with Crippen LogP contribution in [0.1, 0.15) is 24.9 Å². The third-order valence-electron chi connectivity index (χ3n) is 1.69. The number of hydrogen-bond donors (Lipinski definition) is 0. The molecule has 0 aliphatic heterocycles. The Morgan fingerprint density at radius 1 is 1.46 bits per heavy atom. The van der Waals surface area contributed by atoms with Crippen molar-refractivity contribution in [3.8, 4) is 0 Å². The highest BCUT2D eigenvalue weighted by Gasteiger charge is 1.99. The Morgan fingerprint density at radius 3 is 2.85 bits per heavy atom. The molecule has 0 aliphatic carbocycles. The zero-order chi connectivity index (χ0) is 9.52. The fourth-order valence-electron chi connectivity index (χ4n) is 0.994. The summed E-state index contributed by atoms with van der Waals surface area (Å²) in [5.41, 5.74) is 0. The van der Waals surface area contributed by atoms with E-state index in [1.165, 1.54) is 0 Å². The number of furan rings is 1. The molecule has 0 radical (unpaired) electrons. The van der Waals surface area contributed by atoms with Crippen molar-refractivity contribution in [1.82, 2.24) is 0 Å². The van der Waals surface area contributed by atoms with Gasteiger partial charge in [0.25, 0.3) is 0 Å². The average Bonchev–Trinajstić information content (AvgIpc) is 2.60. The summed E-state index contributed by atoms with van der Waals surface area (Å²) in [7, 11) is 0. The van der Waals surface area contributed by atoms with Crippen LogP contribution in [0.5, 0.6) is 0 Å². The molecule has 0 aliphatic rings. The van der Waals surface area contributed by atoms with E-state index in [2.05, 4.69) is 6.92 Å². The molecule has 0 saturated carbocycles. The van der Waals surface area contributed by atoms with Crippen LogP contribution < -0.4 is 0 Å². The number of carbonyl (C=O) groups excluding carboxylic acids is 1. The molecule has 0 spiro atoms. The first kappa shape index (κ1) is 10.4. The minimum Gasteiger partial charge on any atom is -0.465 e. The van der Waals surface area contributed by atoms with Crippen LogP contribution in [-0.4, -0.2) is 12.0 Å². The van der Waals surface area contributed by atoms with Gasteiger partial charge in [-0.2, -0.15) is 11.8 Å². The van der Waals surface area contributed by atoms with Crippen LogP contribution >= 0.6 is 11.8 Å². The smallest absolute Gasteiger partial charge is 0.120 e. The van der Waals surface area contributed by atoms with Gasteiger partial charge >= 0.3 is 0 Å². The molecule has 2 nitrogen and oxygen atoms in total. The molecular weight excluding hydrogens is 184 g/mol. The van der Waals surface area contributed by atoms with E-state index in [-0.39, 0.29) is 0 Å². The fourth-order valence-corrected chi connectivity index (χ4v) is 1.76. The molecule has 1 aromatic heterocycles. The highest BCUT2D eigenvalue weighted by Crippen LogP contribution is 2.15. The number of aryl methyl sites for hydroxylation is 1. The van der Waals surface area contributed by atoms with Crippen molar-refractivity contribution >= 4 is 18.0 Å². The molecule has 1 rings (SSSR count). The van der Waals surface area contributed by atoms with Crippen LogP contribution in [0.4, 0.5) is 0 Å². The predicted octanol–water partition coefficient (Wildman–Crippen LogP) is 2.66. The summed E-state index contributed by atoms with van der Waals surface area (Å²) >= 11 is 1.73. The number of thioether (sulfide) groups is 1. The zero-order valence-corrected chi connectivity index (χ0v) is 8.60. The molecule has 13 heavy (non-hydrogen) atoms. The van der Waals surface area contributed by atoms with Crippen LogP contribution in [0.15, 0.2) is 16.5 Å². The predicted molar refractivity (Wildman–Crippen MR) is 54.9 cm³/mol. The Balaban J connectivity index is 2.24. The molecule has 0 fully saturated rings. The van der Waals surface area contributed by atoms with E-state index in [4.69, 9.17) is 4.42 Å². The van der Waals surface area contributed by atoms with Crippen molar-refractivity contribution in [3.63, 3.8) is 0 Å². The first-order valence-electron chi connectivity index (χ1n) is 4.45. The van der Waals surface area contributed by atoms with Gasteiger partial charge in [-0.3, -0.25) is 0 Å². The van der Waals surface area contributed by atoms with E-state index in [0.29, 0.717) is 6.42 Å². The topological polar surface area (TPSA) is 30.2 Å². The van der Waals surface area contributed by atoms with Crippen molar-refractivity contribution < 1.29 is 9.21 Å². The van der Waals surface area contributed by atoms with Gasteiger partial charge < -0.3 is 9.21 Å². The number of rotatable bonds is 6. The first-order chi connectivity index (χ1) is 6.36. The molecule has 1 aromatic rings. The number of carbonyl (C=O) groups is 1. The van der Waals surface area contributed by atoms with Crippen molar-refractivity contribution in [3.05, 3.63) is 23.7 Å². The molecule has 72 valence electrons. The third kappa shape index (κ3) is 3.68. The molecule has 0 amide bonds. The van der Waals surface area contributed by atoms with Gasteiger partial charge in [0.2, 0.25) is 0 Å². The van der Waals surface area contributed by atoms with Gasteiger partial charge in [-0.05, 0) is 12.1 Å². The van der Waals surface area contributed by atoms with Gasteiger partial charge in [0.05, 0.1) is 5.75 Å². The van der Waals surface area contributed by atoms with Gasteiger partial charge in [0.1, 0.15) is 17.8 Å². The summed E-state index contributed by atoms with van der Waals surface area (Å²) in [6.45, 7) is 2.07. The van der Waals surface area contributed by atoms with Crippen LogP contribution in [-0.2, 0) is 17.0 Å². The van der Waals surface area contributed by atoms with Crippen molar-refractivity contribution in [2.75, 3.05) is 5.75 Å². The van der Waals surface area contributed by atoms with Crippen molar-refractivity contribution in [2.45, 2.75) is 25.5 Å². The molecule has 0 bridgehead atoms. The highest BCUT2D eigenvalue weighted by molar-refractivity contribution is 7.98. The lowest BCUT2D eigenvalue weighted by molar-refractivity contribution is -0.107. The lowest BCUT2D eigenvalue weighted by atomic mass is 10.4. The quantitative estimate of drug-likeness (QED) is 0.520. The summed E-state index contributed by atoms with van der Waals surface area (Å²) in [6, 6.07) is 4.02. The van der Waals surface area contributed by atoms with Gasteiger partial charge in [-0.15, -0.1) is 0 Å². The normalized spacial score (nSPS) is 10.2. The van der Waals surface area contributed by atoms with Crippen molar-refractivity contribution in [2.24, 2.45) is 0 Å². The van der Waals surface area contributed by atoms with Crippen LogP contribution in [0, 0.1) is 0 Å². The maximum absolute atomic E-state index is 10.0. The van der Waals surface area contributed by atoms with E-state index in [1.807, 2.05) is 12.1 Å². The van der Waals surface area contributed by atoms with Crippen LogP contribution in [0.25, 0.3) is 0 Å². The fraction of sp³-hybridized carbons (Fsp3) is 0.500. The molecule has 1 heterocycles. The summed E-state index contributed by atoms with van der Waals surface area (Å²) < 4.78 is 5.50. The Labute approximate surface area is 82.7 Å². The van der Waals surface area contributed by atoms with Crippen LogP contribution in [0.3, 0.4) is 0 Å². The number of aldehydes is 1. The van der Waals surface area contributed by atoms with Gasteiger partial charge in [-0.25, -0.2) is 0 Å². The third-order valence-corrected chi connectivity index (χ3v) is 2.70. The largest absolute Gasteiger partial charge is 0.465 e. The summed E-state index contributed by atoms with van der Waals surface area (Å²) in [5.74, 6) is 3.79. The van der Waals surface area contributed by atoms with E-state index in [1.54, 1.807) is 11.8 Å². The van der Waals surface area contributed by atoms with E-state index >= 15 is 0 Å². The van der Waals surface area contributed by atoms with E-state index in [0.717, 1.165) is 35.7 Å². The summed E-state index contributed by atoms with van der Waals surface area (Å²) in [5, 5.41) is 0. The maximum Gasteiger partial charge on any atom is 0.120 e. The lowest BCUT2D eigenvalue weighted by Crippen LogP contribution is -1.82. The average molecular weight is 198 g/mol. The van der Waals surface area contributed by atoms with E-state index < -0.39 is 0 Å². The van der Waals surface area contributed by atoms with Crippen LogP contribution in [0.2, 0.25) is 0 Å². The molecule has 0 saturated heterocycles. The zero-order valence-electron chi connectivity index (χ0n) is 7.79. The van der Waals surface area contributed by atoms with Crippen molar-refractivity contribution in [1.29, 1.82) is 0 Å². The second kappa shape index (κ2) is 5.86. The molecule has 0 aromatic carbocycles. The minimum absolute atomic E-state index is 0.631. The SMILES string of the molecule is CCc1ccc(CSCCC=O)o1. The number of hydrogen-bond acceptors (Lipinski definition) is 3. The van der Waals surface area contributed by atoms with Gasteiger partial charge in [-0.1, -0.05) is 6.92 Å². The Hall–Kier alpha value is -0.700. The monoisotopic (exact) mass is 198 g/mol. The molecule has 3 heteroatoms. The Morgan fingerprint density at radius 2 is 2.23 bits per heavy atom. The minimum atomic E-state index is 0.631. The highest BCUT2D eigenvalue weighted by atomic mass is 32.2. The summed E-state index contributed by atoms with van der Waals surface area (Å²) in [6.07, 6.45) is 2.53. The Bertz CT molecular complexity index is 255. The lowest BCUT2D eigenvalue weighted by Gasteiger charge is -1.94. The standard InChI is InChI=1S/C10H14O2S/c1-2-9-4-5-10(12-9)8-13-7-3-6-11/h4-6H,2-3,7-8H2,1H3. The van der Waals surface area contributed by atoms with Gasteiger partial charge in [0, 0.05) is 18.6 Å². The van der Waals surface area contributed by atoms with Gasteiger partial charge in [0.15, 0.2) is 0 Å². The maximum atomic E-state index is 10.0. The first-order valence-corrected chi connectivity index (χ1v) is 5.61. The molecule has 0 unspecified atom stereocenters. The van der Waals surface area contributed by atoms with E-state index in [9.17, 15) is 4.79 Å².